The zero-order chi connectivity index (χ0) is 18.9. The van der Waals surface area contributed by atoms with E-state index in [1.807, 2.05) is 0 Å². The van der Waals surface area contributed by atoms with Gasteiger partial charge in [-0.25, -0.2) is 0 Å². The molecule has 2 rings (SSSR count). The minimum atomic E-state index is -1.08. The van der Waals surface area contributed by atoms with Gasteiger partial charge >= 0.3 is 11.9 Å². The number of carbonyl (C=O) groups is 6. The van der Waals surface area contributed by atoms with Gasteiger partial charge in [0.15, 0.2) is 0 Å². The largest absolute Gasteiger partial charge is 0.481 e. The number of hydroxylamine groups is 4. The van der Waals surface area contributed by atoms with Crippen molar-refractivity contribution >= 4 is 35.6 Å². The van der Waals surface area contributed by atoms with E-state index in [4.69, 9.17) is 20.6 Å². The molecule has 0 aromatic carbocycles. The van der Waals surface area contributed by atoms with E-state index in [1.54, 1.807) is 0 Å². The molecule has 2 aliphatic rings. The predicted molar refractivity (Wildman–Crippen MR) is 70.3 cm³/mol. The van der Waals surface area contributed by atoms with Gasteiger partial charge in [-0.3, -0.25) is 39.2 Å². The van der Waals surface area contributed by atoms with E-state index in [1.165, 1.54) is 0 Å². The molecule has 24 heavy (non-hydrogen) atoms. The summed E-state index contributed by atoms with van der Waals surface area (Å²) in [7, 11) is 0. The third-order valence-corrected chi connectivity index (χ3v) is 2.60. The molecule has 2 saturated heterocycles. The first-order chi connectivity index (χ1) is 11.1. The number of aliphatic carboxylic acids is 2. The molecule has 0 unspecified atom stereocenters. The topological polar surface area (TPSA) is 190 Å². The minimum absolute atomic E-state index is 0.148. The van der Waals surface area contributed by atoms with E-state index in [2.05, 4.69) is 0 Å². The van der Waals surface area contributed by atoms with Crippen LogP contribution in [0.3, 0.4) is 0 Å². The van der Waals surface area contributed by atoms with E-state index in [9.17, 15) is 28.8 Å². The second-order valence-corrected chi connectivity index (χ2v) is 4.49. The van der Waals surface area contributed by atoms with Crippen LogP contribution in [0, 0.1) is 0 Å². The maximum atomic E-state index is 10.2. The summed E-state index contributed by atoms with van der Waals surface area (Å²) in [5, 5.41) is 32.9. The number of nitrogens with zero attached hydrogens (tertiary/aromatic N) is 2. The third-order valence-electron chi connectivity index (χ3n) is 2.60. The van der Waals surface area contributed by atoms with E-state index in [-0.39, 0.29) is 48.7 Å². The fourth-order valence-corrected chi connectivity index (χ4v) is 1.34. The Morgan fingerprint density at radius 1 is 0.667 bits per heavy atom. The van der Waals surface area contributed by atoms with Gasteiger partial charge in [0.2, 0.25) is 0 Å². The van der Waals surface area contributed by atoms with Crippen molar-refractivity contribution in [1.82, 2.24) is 10.1 Å². The van der Waals surface area contributed by atoms with Crippen molar-refractivity contribution in [2.24, 2.45) is 0 Å². The molecule has 12 heteroatoms. The first kappa shape index (κ1) is 21.1. The summed E-state index contributed by atoms with van der Waals surface area (Å²) in [5.41, 5.74) is 0. The molecular weight excluding hydrogens is 332 g/mol. The van der Waals surface area contributed by atoms with Crippen LogP contribution in [0.5, 0.6) is 0 Å². The number of amides is 4. The van der Waals surface area contributed by atoms with Crippen molar-refractivity contribution in [1.29, 1.82) is 0 Å². The summed E-state index contributed by atoms with van der Waals surface area (Å²) in [6.45, 7) is 0. The van der Waals surface area contributed by atoms with Gasteiger partial charge in [0, 0.05) is 25.7 Å². The molecular formula is C12H16N2O10. The van der Waals surface area contributed by atoms with Crippen LogP contribution in [-0.2, 0) is 28.8 Å². The van der Waals surface area contributed by atoms with Crippen molar-refractivity contribution in [3.63, 3.8) is 0 Å². The smallest absolute Gasteiger partial charge is 0.303 e. The van der Waals surface area contributed by atoms with Gasteiger partial charge < -0.3 is 10.2 Å². The van der Waals surface area contributed by atoms with Crippen molar-refractivity contribution < 1.29 is 49.4 Å². The van der Waals surface area contributed by atoms with E-state index < -0.39 is 35.6 Å². The molecule has 0 bridgehead atoms. The molecule has 12 nitrogen and oxygen atoms in total. The molecule has 0 aromatic rings. The zero-order valence-corrected chi connectivity index (χ0v) is 12.4. The molecule has 0 aliphatic carbocycles. The highest BCUT2D eigenvalue weighted by atomic mass is 16.5. The minimum Gasteiger partial charge on any atom is -0.481 e. The number of carboxylic acid groups (broad SMARTS) is 2. The molecule has 0 atom stereocenters. The Bertz CT molecular complexity index is 464. The average molecular weight is 348 g/mol. The summed E-state index contributed by atoms with van der Waals surface area (Å²) < 4.78 is 0. The monoisotopic (exact) mass is 348 g/mol. The fraction of sp³-hybridized carbons (Fsp3) is 0.500. The highest BCUT2D eigenvalue weighted by Crippen LogP contribution is 2.07. The molecule has 2 aliphatic heterocycles. The van der Waals surface area contributed by atoms with Crippen molar-refractivity contribution in [2.45, 2.75) is 38.5 Å². The summed E-state index contributed by atoms with van der Waals surface area (Å²) in [4.78, 5) is 60.2. The molecule has 0 radical (unpaired) electrons. The molecule has 2 fully saturated rings. The van der Waals surface area contributed by atoms with Crippen LogP contribution >= 0.6 is 0 Å². The van der Waals surface area contributed by atoms with Gasteiger partial charge in [-0.05, 0) is 0 Å². The second-order valence-electron chi connectivity index (χ2n) is 4.49. The Morgan fingerprint density at radius 2 is 0.875 bits per heavy atom. The van der Waals surface area contributed by atoms with Gasteiger partial charge in [-0.2, -0.15) is 10.1 Å². The first-order valence-corrected chi connectivity index (χ1v) is 6.59. The van der Waals surface area contributed by atoms with Gasteiger partial charge in [0.1, 0.15) is 0 Å². The second kappa shape index (κ2) is 10.0. The number of rotatable bonds is 3. The zero-order valence-electron chi connectivity index (χ0n) is 12.4. The Hall–Kier alpha value is -2.86. The lowest BCUT2D eigenvalue weighted by molar-refractivity contribution is -0.172. The van der Waals surface area contributed by atoms with E-state index in [0.717, 1.165) is 0 Å². The quantitative estimate of drug-likeness (QED) is 0.363. The summed E-state index contributed by atoms with van der Waals surface area (Å²) in [6, 6.07) is 0. The predicted octanol–water partition coefficient (Wildman–Crippen LogP) is -1.01. The van der Waals surface area contributed by atoms with Crippen molar-refractivity contribution in [3.8, 4) is 0 Å². The lowest BCUT2D eigenvalue weighted by atomic mass is 10.3. The Labute approximate surface area is 134 Å². The number of carbonyl (C=O) groups excluding carboxylic acids is 4. The lowest BCUT2D eigenvalue weighted by Crippen LogP contribution is -2.24. The van der Waals surface area contributed by atoms with Crippen LogP contribution in [0.1, 0.15) is 38.5 Å². The Kier molecular flexibility index (Phi) is 8.82. The van der Waals surface area contributed by atoms with Gasteiger partial charge in [-0.1, -0.05) is 0 Å². The SMILES string of the molecule is O=C(O)CCC(=O)O.O=C1CCC(=O)N1O.O=C1CCC(=O)N1O. The van der Waals surface area contributed by atoms with Crippen LogP contribution in [0.2, 0.25) is 0 Å². The molecule has 0 aromatic heterocycles. The molecule has 134 valence electrons. The van der Waals surface area contributed by atoms with Crippen molar-refractivity contribution in [2.75, 3.05) is 0 Å². The van der Waals surface area contributed by atoms with Crippen LogP contribution < -0.4 is 0 Å². The molecule has 2 heterocycles. The number of imide groups is 2. The number of hydrogen-bond acceptors (Lipinski definition) is 8. The van der Waals surface area contributed by atoms with Crippen LogP contribution in [0.4, 0.5) is 0 Å². The normalized spacial score (nSPS) is 16.4. The summed E-state index contributed by atoms with van der Waals surface area (Å²) in [5.74, 6) is -4.17. The van der Waals surface area contributed by atoms with Crippen molar-refractivity contribution in [3.05, 3.63) is 0 Å². The fourth-order valence-electron chi connectivity index (χ4n) is 1.34. The molecule has 0 spiro atoms. The summed E-state index contributed by atoms with van der Waals surface area (Å²) >= 11 is 0. The number of hydrogen-bond donors (Lipinski definition) is 4. The molecule has 0 saturated carbocycles. The Balaban J connectivity index is 0.000000331. The highest BCUT2D eigenvalue weighted by molar-refractivity contribution is 6.00. The van der Waals surface area contributed by atoms with E-state index >= 15 is 0 Å². The average Bonchev–Trinajstić information content (AvgIpc) is 2.97. The van der Waals surface area contributed by atoms with Gasteiger partial charge in [0.25, 0.3) is 23.6 Å². The van der Waals surface area contributed by atoms with E-state index in [0.29, 0.717) is 0 Å². The van der Waals surface area contributed by atoms with Crippen LogP contribution in [-0.4, -0.2) is 66.3 Å². The number of carboxylic acids is 2. The third kappa shape index (κ3) is 7.95. The lowest BCUT2D eigenvalue weighted by Gasteiger charge is -1.98. The molecule has 4 amide bonds. The summed E-state index contributed by atoms with van der Waals surface area (Å²) in [6.07, 6.45) is -0.000000000000000444. The Morgan fingerprint density at radius 3 is 0.958 bits per heavy atom. The van der Waals surface area contributed by atoms with Gasteiger partial charge in [0.05, 0.1) is 12.8 Å². The van der Waals surface area contributed by atoms with Crippen LogP contribution in [0.15, 0.2) is 0 Å². The molecule has 4 N–H and O–H groups in total. The first-order valence-electron chi connectivity index (χ1n) is 6.59. The highest BCUT2D eigenvalue weighted by Gasteiger charge is 2.27. The van der Waals surface area contributed by atoms with Gasteiger partial charge in [-0.15, -0.1) is 0 Å². The van der Waals surface area contributed by atoms with Crippen LogP contribution in [0.25, 0.3) is 0 Å². The maximum absolute atomic E-state index is 10.2. The maximum Gasteiger partial charge on any atom is 0.303 e. The standard InChI is InChI=1S/2C4H5NO3.C4H6O4/c2*6-3-1-2-4(7)5(3)8;5-3(6)1-2-4(7)8/h2*8H,1-2H2;1-2H2,(H,5,6)(H,7,8).